The maximum absolute atomic E-state index is 6.09. The molecule has 0 aliphatic carbocycles. The number of benzene rings is 1. The van der Waals surface area contributed by atoms with Gasteiger partial charge in [0.2, 0.25) is 0 Å². The van der Waals surface area contributed by atoms with Crippen LogP contribution in [0.4, 0.5) is 0 Å². The second kappa shape index (κ2) is 7.44. The van der Waals surface area contributed by atoms with E-state index in [-0.39, 0.29) is 0 Å². The summed E-state index contributed by atoms with van der Waals surface area (Å²) in [7, 11) is 0. The largest absolute Gasteiger partial charge is 0.303 e. The molecule has 0 saturated carbocycles. The van der Waals surface area contributed by atoms with E-state index < -0.39 is 0 Å². The van der Waals surface area contributed by atoms with E-state index in [0.29, 0.717) is 5.02 Å². The van der Waals surface area contributed by atoms with Crippen molar-refractivity contribution in [2.24, 2.45) is 0 Å². The zero-order chi connectivity index (χ0) is 12.0. The number of hydrogen-bond acceptors (Lipinski definition) is 2. The molecule has 0 bridgehead atoms. The number of rotatable bonds is 6. The van der Waals surface area contributed by atoms with Gasteiger partial charge < -0.3 is 4.90 Å². The molecule has 1 rings (SSSR count). The third-order valence-electron chi connectivity index (χ3n) is 2.45. The third-order valence-corrected chi connectivity index (χ3v) is 4.17. The normalized spacial score (nSPS) is 11.1. The van der Waals surface area contributed by atoms with E-state index in [9.17, 15) is 0 Å². The summed E-state index contributed by atoms with van der Waals surface area (Å²) in [4.78, 5) is 3.51. The lowest BCUT2D eigenvalue weighted by atomic mass is 10.4. The summed E-state index contributed by atoms with van der Waals surface area (Å²) in [6, 6.07) is 5.66. The summed E-state index contributed by atoms with van der Waals surface area (Å²) < 4.78 is 0. The minimum absolute atomic E-state index is 0.693. The van der Waals surface area contributed by atoms with Gasteiger partial charge in [-0.05, 0) is 31.3 Å². The molecule has 90 valence electrons. The van der Waals surface area contributed by atoms with Crippen molar-refractivity contribution < 1.29 is 0 Å². The van der Waals surface area contributed by atoms with Gasteiger partial charge >= 0.3 is 0 Å². The second-order valence-corrected chi connectivity index (χ2v) is 5.43. The van der Waals surface area contributed by atoms with E-state index in [4.69, 9.17) is 23.2 Å². The van der Waals surface area contributed by atoms with Crippen LogP contribution < -0.4 is 0 Å². The number of nitrogens with zero attached hydrogens (tertiary/aromatic N) is 1. The quantitative estimate of drug-likeness (QED) is 0.708. The van der Waals surface area contributed by atoms with Gasteiger partial charge in [-0.25, -0.2) is 0 Å². The summed E-state index contributed by atoms with van der Waals surface area (Å²) >= 11 is 13.7. The Balaban J connectivity index is 2.42. The smallest absolute Gasteiger partial charge is 0.0556 e. The van der Waals surface area contributed by atoms with Gasteiger partial charge in [0.1, 0.15) is 0 Å². The molecule has 0 heterocycles. The lowest BCUT2D eigenvalue weighted by Gasteiger charge is -2.17. The van der Waals surface area contributed by atoms with Crippen molar-refractivity contribution in [3.8, 4) is 0 Å². The lowest BCUT2D eigenvalue weighted by Crippen LogP contribution is -2.25. The van der Waals surface area contributed by atoms with Crippen LogP contribution in [0.5, 0.6) is 0 Å². The fourth-order valence-electron chi connectivity index (χ4n) is 1.42. The molecular weight excluding hydrogens is 261 g/mol. The fourth-order valence-corrected chi connectivity index (χ4v) is 2.92. The Bertz CT molecular complexity index is 327. The molecule has 0 spiro atoms. The highest BCUT2D eigenvalue weighted by atomic mass is 35.5. The Morgan fingerprint density at radius 3 is 2.44 bits per heavy atom. The van der Waals surface area contributed by atoms with Gasteiger partial charge in [-0.1, -0.05) is 37.0 Å². The van der Waals surface area contributed by atoms with Crippen molar-refractivity contribution in [1.82, 2.24) is 4.90 Å². The van der Waals surface area contributed by atoms with Crippen molar-refractivity contribution in [2.45, 2.75) is 18.7 Å². The maximum Gasteiger partial charge on any atom is 0.0556 e. The summed E-state index contributed by atoms with van der Waals surface area (Å²) in [6.07, 6.45) is 0. The summed E-state index contributed by atoms with van der Waals surface area (Å²) in [5.41, 5.74) is 0. The molecule has 0 radical (unpaired) electrons. The van der Waals surface area contributed by atoms with Crippen LogP contribution in [0.15, 0.2) is 23.1 Å². The molecule has 16 heavy (non-hydrogen) atoms. The van der Waals surface area contributed by atoms with Gasteiger partial charge in [-0.15, -0.1) is 11.8 Å². The summed E-state index contributed by atoms with van der Waals surface area (Å²) in [5, 5.41) is 1.44. The van der Waals surface area contributed by atoms with Crippen LogP contribution in [0.2, 0.25) is 10.0 Å². The van der Waals surface area contributed by atoms with Crippen molar-refractivity contribution in [2.75, 3.05) is 25.4 Å². The average molecular weight is 278 g/mol. The van der Waals surface area contributed by atoms with Crippen LogP contribution in [0.3, 0.4) is 0 Å². The Kier molecular flexibility index (Phi) is 6.59. The van der Waals surface area contributed by atoms with Gasteiger partial charge in [0.05, 0.1) is 5.02 Å². The van der Waals surface area contributed by atoms with Gasteiger partial charge in [-0.3, -0.25) is 0 Å². The van der Waals surface area contributed by atoms with Gasteiger partial charge in [-0.2, -0.15) is 0 Å². The van der Waals surface area contributed by atoms with E-state index in [1.165, 1.54) is 0 Å². The molecule has 0 fully saturated rings. The van der Waals surface area contributed by atoms with E-state index in [2.05, 4.69) is 18.7 Å². The van der Waals surface area contributed by atoms with Crippen LogP contribution in [-0.2, 0) is 0 Å². The highest BCUT2D eigenvalue weighted by molar-refractivity contribution is 7.99. The monoisotopic (exact) mass is 277 g/mol. The number of halogens is 2. The standard InChI is InChI=1S/C12H17Cl2NS/c1-3-15(4-2)7-8-16-12-6-5-10(13)9-11(12)14/h5-6,9H,3-4,7-8H2,1-2H3. The SMILES string of the molecule is CCN(CC)CCSc1ccc(Cl)cc1Cl. The predicted molar refractivity (Wildman–Crippen MR) is 75.0 cm³/mol. The molecule has 0 aliphatic rings. The first-order valence-electron chi connectivity index (χ1n) is 5.47. The molecule has 0 aromatic heterocycles. The van der Waals surface area contributed by atoms with Crippen molar-refractivity contribution >= 4 is 35.0 Å². The van der Waals surface area contributed by atoms with Crippen molar-refractivity contribution in [3.05, 3.63) is 28.2 Å². The molecule has 1 nitrogen and oxygen atoms in total. The lowest BCUT2D eigenvalue weighted by molar-refractivity contribution is 0.324. The zero-order valence-electron chi connectivity index (χ0n) is 9.67. The molecule has 0 saturated heterocycles. The molecule has 1 aromatic rings. The fraction of sp³-hybridized carbons (Fsp3) is 0.500. The summed E-state index contributed by atoms with van der Waals surface area (Å²) in [6.45, 7) is 7.67. The molecular formula is C12H17Cl2NS. The molecule has 0 atom stereocenters. The van der Waals surface area contributed by atoms with Crippen LogP contribution in [0.1, 0.15) is 13.8 Å². The molecule has 1 aromatic carbocycles. The molecule has 0 aliphatic heterocycles. The maximum atomic E-state index is 6.09. The van der Waals surface area contributed by atoms with E-state index in [1.54, 1.807) is 17.8 Å². The highest BCUT2D eigenvalue weighted by Gasteiger charge is 2.03. The zero-order valence-corrected chi connectivity index (χ0v) is 12.0. The van der Waals surface area contributed by atoms with Crippen LogP contribution >= 0.6 is 35.0 Å². The van der Waals surface area contributed by atoms with Gasteiger partial charge in [0.15, 0.2) is 0 Å². The Labute approximate surface area is 112 Å². The Morgan fingerprint density at radius 1 is 1.19 bits per heavy atom. The van der Waals surface area contributed by atoms with Gasteiger partial charge in [0, 0.05) is 22.2 Å². The molecule has 4 heteroatoms. The van der Waals surface area contributed by atoms with Crippen LogP contribution in [0, 0.1) is 0 Å². The minimum atomic E-state index is 0.693. The number of thioether (sulfide) groups is 1. The van der Waals surface area contributed by atoms with Crippen LogP contribution in [0.25, 0.3) is 0 Å². The number of hydrogen-bond donors (Lipinski definition) is 0. The van der Waals surface area contributed by atoms with Crippen LogP contribution in [-0.4, -0.2) is 30.3 Å². The van der Waals surface area contributed by atoms with E-state index >= 15 is 0 Å². The third kappa shape index (κ3) is 4.54. The highest BCUT2D eigenvalue weighted by Crippen LogP contribution is 2.29. The summed E-state index contributed by atoms with van der Waals surface area (Å²) in [5.74, 6) is 1.06. The first-order chi connectivity index (χ1) is 7.67. The molecule has 0 N–H and O–H groups in total. The van der Waals surface area contributed by atoms with Gasteiger partial charge in [0.25, 0.3) is 0 Å². The van der Waals surface area contributed by atoms with E-state index in [1.807, 2.05) is 12.1 Å². The first kappa shape index (κ1) is 14.2. The van der Waals surface area contributed by atoms with Crippen molar-refractivity contribution in [3.63, 3.8) is 0 Å². The first-order valence-corrected chi connectivity index (χ1v) is 7.21. The average Bonchev–Trinajstić information content (AvgIpc) is 2.27. The Hall–Kier alpha value is 0.110. The second-order valence-electron chi connectivity index (χ2n) is 3.45. The topological polar surface area (TPSA) is 3.24 Å². The van der Waals surface area contributed by atoms with E-state index in [0.717, 1.165) is 35.3 Å². The molecule has 0 unspecified atom stereocenters. The molecule has 0 amide bonds. The Morgan fingerprint density at radius 2 is 1.88 bits per heavy atom. The minimum Gasteiger partial charge on any atom is -0.303 e. The van der Waals surface area contributed by atoms with Crippen molar-refractivity contribution in [1.29, 1.82) is 0 Å². The predicted octanol–water partition coefficient (Wildman–Crippen LogP) is 4.43.